The summed E-state index contributed by atoms with van der Waals surface area (Å²) in [7, 11) is 0. The standard InChI is InChI=1S/C13H22N4O2/c1-9(2)12-16-11(19-17-12)7-8-14-13(18)15-10-5-3-4-6-10/h9-10H,3-8H2,1-2H3,(H2,14,15,18). The Kier molecular flexibility index (Phi) is 4.76. The van der Waals surface area contributed by atoms with Crippen molar-refractivity contribution in [3.8, 4) is 0 Å². The van der Waals surface area contributed by atoms with Gasteiger partial charge in [0.05, 0.1) is 0 Å². The molecular formula is C13H22N4O2. The molecule has 6 nitrogen and oxygen atoms in total. The van der Waals surface area contributed by atoms with Crippen molar-refractivity contribution >= 4 is 6.03 Å². The second-order valence-corrected chi connectivity index (χ2v) is 5.33. The highest BCUT2D eigenvalue weighted by Gasteiger charge is 2.16. The fourth-order valence-electron chi connectivity index (χ4n) is 2.19. The zero-order valence-corrected chi connectivity index (χ0v) is 11.6. The van der Waals surface area contributed by atoms with Gasteiger partial charge >= 0.3 is 6.03 Å². The molecule has 1 aromatic heterocycles. The van der Waals surface area contributed by atoms with Crippen LogP contribution < -0.4 is 10.6 Å². The Bertz CT molecular complexity index is 411. The van der Waals surface area contributed by atoms with Crippen LogP contribution in [0.3, 0.4) is 0 Å². The first-order valence-corrected chi connectivity index (χ1v) is 7.02. The van der Waals surface area contributed by atoms with Gasteiger partial charge in [-0.15, -0.1) is 0 Å². The largest absolute Gasteiger partial charge is 0.339 e. The molecule has 0 unspecified atom stereocenters. The molecule has 2 N–H and O–H groups in total. The number of aromatic nitrogens is 2. The molecule has 2 rings (SSSR count). The van der Waals surface area contributed by atoms with Gasteiger partial charge in [-0.3, -0.25) is 0 Å². The molecule has 1 fully saturated rings. The molecule has 2 amide bonds. The van der Waals surface area contributed by atoms with Crippen molar-refractivity contribution in [2.45, 2.75) is 57.9 Å². The molecule has 1 aliphatic rings. The van der Waals surface area contributed by atoms with Crippen LogP contribution in [0.15, 0.2) is 4.52 Å². The average Bonchev–Trinajstić information content (AvgIpc) is 3.00. The van der Waals surface area contributed by atoms with Gasteiger partial charge in [0, 0.05) is 24.9 Å². The van der Waals surface area contributed by atoms with E-state index in [0.29, 0.717) is 30.7 Å². The van der Waals surface area contributed by atoms with E-state index < -0.39 is 0 Å². The number of nitrogens with zero attached hydrogens (tertiary/aromatic N) is 2. The summed E-state index contributed by atoms with van der Waals surface area (Å²) in [5, 5.41) is 9.67. The number of nitrogens with one attached hydrogen (secondary N) is 2. The van der Waals surface area contributed by atoms with Crippen molar-refractivity contribution in [1.82, 2.24) is 20.8 Å². The van der Waals surface area contributed by atoms with Crippen LogP contribution in [0.5, 0.6) is 0 Å². The van der Waals surface area contributed by atoms with Crippen LogP contribution in [0.25, 0.3) is 0 Å². The zero-order chi connectivity index (χ0) is 13.7. The summed E-state index contributed by atoms with van der Waals surface area (Å²) in [6, 6.07) is 0.242. The van der Waals surface area contributed by atoms with E-state index in [1.807, 2.05) is 13.8 Å². The fraction of sp³-hybridized carbons (Fsp3) is 0.769. The first-order chi connectivity index (χ1) is 9.15. The monoisotopic (exact) mass is 266 g/mol. The number of carbonyl (C=O) groups is 1. The van der Waals surface area contributed by atoms with Gasteiger partial charge in [-0.25, -0.2) is 4.79 Å². The van der Waals surface area contributed by atoms with E-state index in [-0.39, 0.29) is 11.9 Å². The molecule has 1 aliphatic carbocycles. The molecule has 0 saturated heterocycles. The smallest absolute Gasteiger partial charge is 0.315 e. The summed E-state index contributed by atoms with van der Waals surface area (Å²) in [6.07, 6.45) is 5.18. The lowest BCUT2D eigenvalue weighted by molar-refractivity contribution is 0.237. The third-order valence-electron chi connectivity index (χ3n) is 3.32. The Morgan fingerprint density at radius 3 is 2.79 bits per heavy atom. The van der Waals surface area contributed by atoms with E-state index >= 15 is 0 Å². The van der Waals surface area contributed by atoms with Crippen LogP contribution in [0.4, 0.5) is 4.79 Å². The third kappa shape index (κ3) is 4.22. The molecule has 1 heterocycles. The highest BCUT2D eigenvalue weighted by Crippen LogP contribution is 2.17. The summed E-state index contributed by atoms with van der Waals surface area (Å²) in [6.45, 7) is 4.54. The summed E-state index contributed by atoms with van der Waals surface area (Å²) in [4.78, 5) is 15.9. The summed E-state index contributed by atoms with van der Waals surface area (Å²) >= 11 is 0. The van der Waals surface area contributed by atoms with E-state index in [1.54, 1.807) is 0 Å². The first-order valence-electron chi connectivity index (χ1n) is 7.02. The lowest BCUT2D eigenvalue weighted by Crippen LogP contribution is -2.41. The minimum absolute atomic E-state index is 0.101. The maximum Gasteiger partial charge on any atom is 0.315 e. The lowest BCUT2D eigenvalue weighted by atomic mass is 10.2. The predicted molar refractivity (Wildman–Crippen MR) is 70.9 cm³/mol. The van der Waals surface area contributed by atoms with Crippen LogP contribution in [0, 0.1) is 0 Å². The average molecular weight is 266 g/mol. The molecule has 0 bridgehead atoms. The van der Waals surface area contributed by atoms with Crippen molar-refractivity contribution in [3.05, 3.63) is 11.7 Å². The summed E-state index contributed by atoms with van der Waals surface area (Å²) in [5.74, 6) is 1.55. The Morgan fingerprint density at radius 2 is 2.16 bits per heavy atom. The third-order valence-corrected chi connectivity index (χ3v) is 3.32. The fourth-order valence-corrected chi connectivity index (χ4v) is 2.19. The molecule has 0 atom stereocenters. The van der Waals surface area contributed by atoms with Crippen molar-refractivity contribution in [1.29, 1.82) is 0 Å². The zero-order valence-electron chi connectivity index (χ0n) is 11.6. The minimum Gasteiger partial charge on any atom is -0.339 e. The molecule has 0 spiro atoms. The highest BCUT2D eigenvalue weighted by atomic mass is 16.5. The molecule has 6 heteroatoms. The summed E-state index contributed by atoms with van der Waals surface area (Å²) < 4.78 is 5.11. The van der Waals surface area contributed by atoms with Crippen LogP contribution >= 0.6 is 0 Å². The quantitative estimate of drug-likeness (QED) is 0.854. The summed E-state index contributed by atoms with van der Waals surface area (Å²) in [5.41, 5.74) is 0. The minimum atomic E-state index is -0.101. The molecule has 1 aromatic rings. The highest BCUT2D eigenvalue weighted by molar-refractivity contribution is 5.74. The Morgan fingerprint density at radius 1 is 1.42 bits per heavy atom. The number of carbonyl (C=O) groups excluding carboxylic acids is 1. The number of urea groups is 1. The molecule has 0 aliphatic heterocycles. The van der Waals surface area contributed by atoms with Gasteiger partial charge in [0.25, 0.3) is 0 Å². The topological polar surface area (TPSA) is 80.0 Å². The maximum atomic E-state index is 11.6. The molecule has 0 radical (unpaired) electrons. The van der Waals surface area contributed by atoms with Crippen LogP contribution in [0.2, 0.25) is 0 Å². The maximum absolute atomic E-state index is 11.6. The van der Waals surface area contributed by atoms with Gasteiger partial charge in [-0.2, -0.15) is 4.98 Å². The van der Waals surface area contributed by atoms with E-state index in [2.05, 4.69) is 20.8 Å². The van der Waals surface area contributed by atoms with Crippen molar-refractivity contribution in [2.75, 3.05) is 6.54 Å². The lowest BCUT2D eigenvalue weighted by Gasteiger charge is -2.12. The van der Waals surface area contributed by atoms with Crippen LogP contribution in [0.1, 0.15) is 57.2 Å². The molecule has 19 heavy (non-hydrogen) atoms. The van der Waals surface area contributed by atoms with Crippen LogP contribution in [-0.2, 0) is 6.42 Å². The SMILES string of the molecule is CC(C)c1noc(CCNC(=O)NC2CCCC2)n1. The van der Waals surface area contributed by atoms with Crippen molar-refractivity contribution < 1.29 is 9.32 Å². The van der Waals surface area contributed by atoms with Crippen molar-refractivity contribution in [3.63, 3.8) is 0 Å². The predicted octanol–water partition coefficient (Wildman–Crippen LogP) is 1.98. The Hall–Kier alpha value is -1.59. The van der Waals surface area contributed by atoms with Gasteiger partial charge in [-0.05, 0) is 12.8 Å². The van der Waals surface area contributed by atoms with Gasteiger partial charge in [-0.1, -0.05) is 31.8 Å². The number of hydrogen-bond donors (Lipinski definition) is 2. The van der Waals surface area contributed by atoms with E-state index in [0.717, 1.165) is 12.8 Å². The second-order valence-electron chi connectivity index (χ2n) is 5.33. The number of hydrogen-bond acceptors (Lipinski definition) is 4. The Balaban J connectivity index is 1.66. The Labute approximate surface area is 113 Å². The van der Waals surface area contributed by atoms with Crippen molar-refractivity contribution in [2.24, 2.45) is 0 Å². The van der Waals surface area contributed by atoms with Gasteiger partial charge in [0.2, 0.25) is 5.89 Å². The van der Waals surface area contributed by atoms with Gasteiger partial charge < -0.3 is 15.2 Å². The molecular weight excluding hydrogens is 244 g/mol. The number of rotatable bonds is 5. The molecule has 1 saturated carbocycles. The van der Waals surface area contributed by atoms with Crippen LogP contribution in [-0.4, -0.2) is 28.8 Å². The van der Waals surface area contributed by atoms with E-state index in [1.165, 1.54) is 12.8 Å². The molecule has 106 valence electrons. The molecule has 0 aromatic carbocycles. The van der Waals surface area contributed by atoms with E-state index in [4.69, 9.17) is 4.52 Å². The number of amides is 2. The second kappa shape index (κ2) is 6.54. The van der Waals surface area contributed by atoms with Gasteiger partial charge in [0.1, 0.15) is 0 Å². The normalized spacial score (nSPS) is 15.9. The first kappa shape index (κ1) is 13.8. The van der Waals surface area contributed by atoms with Gasteiger partial charge in [0.15, 0.2) is 5.82 Å². The van der Waals surface area contributed by atoms with E-state index in [9.17, 15) is 4.79 Å².